The van der Waals surface area contributed by atoms with Crippen molar-refractivity contribution >= 4 is 24.5 Å². The molecule has 2 aromatic carbocycles. The zero-order chi connectivity index (χ0) is 24.3. The Bertz CT molecular complexity index is 981. The molecule has 0 heterocycles. The predicted molar refractivity (Wildman–Crippen MR) is 112 cm³/mol. The fraction of sp³-hybridized carbons (Fsp3) is 0.273. The number of hydrogen-bond acceptors (Lipinski definition) is 10. The summed E-state index contributed by atoms with van der Waals surface area (Å²) in [4.78, 5) is 44.2. The SMILES string of the molecule is CCOC(=O)c1cc(C=O)c(O)cc1O.CCOC(=O)c1cc(C=O)c(OC)cc1OC. The maximum atomic E-state index is 11.6. The Balaban J connectivity index is 0.000000323. The first-order chi connectivity index (χ1) is 15.3. The van der Waals surface area contributed by atoms with Gasteiger partial charge in [-0.15, -0.1) is 0 Å². The van der Waals surface area contributed by atoms with Crippen LogP contribution in [0.1, 0.15) is 55.3 Å². The highest BCUT2D eigenvalue weighted by molar-refractivity contribution is 5.96. The molecule has 0 aromatic heterocycles. The van der Waals surface area contributed by atoms with Crippen LogP contribution in [0.5, 0.6) is 23.0 Å². The molecule has 2 rings (SSSR count). The van der Waals surface area contributed by atoms with Gasteiger partial charge in [0.25, 0.3) is 0 Å². The first-order valence-electron chi connectivity index (χ1n) is 9.34. The van der Waals surface area contributed by atoms with Crippen LogP contribution >= 0.6 is 0 Å². The molecule has 0 unspecified atom stereocenters. The first-order valence-corrected chi connectivity index (χ1v) is 9.34. The van der Waals surface area contributed by atoms with Gasteiger partial charge >= 0.3 is 11.9 Å². The van der Waals surface area contributed by atoms with E-state index in [9.17, 15) is 29.4 Å². The minimum absolute atomic E-state index is 0.0733. The monoisotopic (exact) mass is 448 g/mol. The number of aromatic hydroxyl groups is 2. The van der Waals surface area contributed by atoms with E-state index in [1.807, 2.05) is 0 Å². The number of phenolic OH excluding ortho intramolecular Hbond substituents is 2. The lowest BCUT2D eigenvalue weighted by atomic mass is 10.1. The summed E-state index contributed by atoms with van der Waals surface area (Å²) in [6, 6.07) is 4.88. The van der Waals surface area contributed by atoms with Crippen LogP contribution in [-0.2, 0) is 9.47 Å². The lowest BCUT2D eigenvalue weighted by molar-refractivity contribution is 0.0512. The van der Waals surface area contributed by atoms with Crippen molar-refractivity contribution in [3.8, 4) is 23.0 Å². The highest BCUT2D eigenvalue weighted by Crippen LogP contribution is 2.29. The molecule has 0 aliphatic carbocycles. The average molecular weight is 448 g/mol. The van der Waals surface area contributed by atoms with Gasteiger partial charge in [0.2, 0.25) is 0 Å². The van der Waals surface area contributed by atoms with E-state index in [1.165, 1.54) is 26.4 Å². The minimum Gasteiger partial charge on any atom is -0.507 e. The van der Waals surface area contributed by atoms with Crippen LogP contribution in [0.15, 0.2) is 24.3 Å². The quantitative estimate of drug-likeness (QED) is 0.456. The second kappa shape index (κ2) is 12.6. The number of carbonyl (C=O) groups is 4. The van der Waals surface area contributed by atoms with Gasteiger partial charge in [-0.05, 0) is 26.0 Å². The summed E-state index contributed by atoms with van der Waals surface area (Å²) in [7, 11) is 2.86. The number of phenols is 2. The fourth-order valence-corrected chi connectivity index (χ4v) is 2.44. The van der Waals surface area contributed by atoms with Crippen molar-refractivity contribution in [2.45, 2.75) is 13.8 Å². The Labute approximate surface area is 184 Å². The summed E-state index contributed by atoms with van der Waals surface area (Å²) in [5.41, 5.74) is 0.265. The lowest BCUT2D eigenvalue weighted by Gasteiger charge is -2.11. The van der Waals surface area contributed by atoms with E-state index in [-0.39, 0.29) is 41.2 Å². The molecule has 0 amide bonds. The third-order valence-electron chi connectivity index (χ3n) is 3.94. The lowest BCUT2D eigenvalue weighted by Crippen LogP contribution is -2.08. The maximum Gasteiger partial charge on any atom is 0.341 e. The zero-order valence-electron chi connectivity index (χ0n) is 18.0. The largest absolute Gasteiger partial charge is 0.507 e. The first kappa shape index (κ1) is 26.0. The number of aldehydes is 2. The van der Waals surface area contributed by atoms with Crippen LogP contribution in [0.3, 0.4) is 0 Å². The van der Waals surface area contributed by atoms with Crippen molar-refractivity contribution in [3.63, 3.8) is 0 Å². The van der Waals surface area contributed by atoms with Gasteiger partial charge in [-0.2, -0.15) is 0 Å². The molecular weight excluding hydrogens is 424 g/mol. The van der Waals surface area contributed by atoms with Gasteiger partial charge in [0.05, 0.1) is 38.6 Å². The highest BCUT2D eigenvalue weighted by Gasteiger charge is 2.18. The predicted octanol–water partition coefficient (Wildman–Crippen LogP) is 2.78. The second-order valence-electron chi connectivity index (χ2n) is 5.90. The number of ether oxygens (including phenoxy) is 4. The van der Waals surface area contributed by atoms with E-state index in [0.717, 1.165) is 12.1 Å². The molecule has 0 aliphatic heterocycles. The molecule has 172 valence electrons. The Hall–Kier alpha value is -4.08. The Morgan fingerprint density at radius 1 is 0.750 bits per heavy atom. The molecule has 0 spiro atoms. The molecule has 10 heteroatoms. The topological polar surface area (TPSA) is 146 Å². The molecule has 2 N–H and O–H groups in total. The third-order valence-corrected chi connectivity index (χ3v) is 3.94. The summed E-state index contributed by atoms with van der Waals surface area (Å²) in [6.45, 7) is 3.74. The molecule has 2 aromatic rings. The van der Waals surface area contributed by atoms with Crippen molar-refractivity contribution in [3.05, 3.63) is 46.5 Å². The van der Waals surface area contributed by atoms with Gasteiger partial charge in [-0.3, -0.25) is 9.59 Å². The molecule has 0 saturated heterocycles. The van der Waals surface area contributed by atoms with Crippen LogP contribution < -0.4 is 9.47 Å². The van der Waals surface area contributed by atoms with Crippen molar-refractivity contribution < 1.29 is 48.3 Å². The van der Waals surface area contributed by atoms with E-state index >= 15 is 0 Å². The third kappa shape index (κ3) is 6.46. The number of esters is 2. The standard InChI is InChI=1S/C12H14O5.C10H10O5/c1-4-17-12(14)9-5-8(7-13)10(15-2)6-11(9)16-3;1-2-15-10(14)7-3-6(5-11)8(12)4-9(7)13/h5-7H,4H2,1-3H3;3-5,12-13H,2H2,1H3. The minimum atomic E-state index is -0.738. The van der Waals surface area contributed by atoms with Crippen LogP contribution in [0, 0.1) is 0 Å². The molecule has 0 fully saturated rings. The van der Waals surface area contributed by atoms with Gasteiger partial charge in [-0.1, -0.05) is 0 Å². The van der Waals surface area contributed by atoms with Gasteiger partial charge in [0.15, 0.2) is 12.6 Å². The number of hydrogen-bond donors (Lipinski definition) is 2. The van der Waals surface area contributed by atoms with E-state index in [1.54, 1.807) is 13.8 Å². The number of carbonyl (C=O) groups excluding carboxylic acids is 4. The van der Waals surface area contributed by atoms with E-state index in [0.29, 0.717) is 24.1 Å². The van der Waals surface area contributed by atoms with Crippen molar-refractivity contribution in [2.75, 3.05) is 27.4 Å². The second-order valence-corrected chi connectivity index (χ2v) is 5.90. The highest BCUT2D eigenvalue weighted by atomic mass is 16.5. The molecule has 0 radical (unpaired) electrons. The molecule has 0 aliphatic rings. The Morgan fingerprint density at radius 3 is 1.72 bits per heavy atom. The van der Waals surface area contributed by atoms with Crippen molar-refractivity contribution in [2.24, 2.45) is 0 Å². The van der Waals surface area contributed by atoms with Crippen molar-refractivity contribution in [1.29, 1.82) is 0 Å². The van der Waals surface area contributed by atoms with Crippen molar-refractivity contribution in [1.82, 2.24) is 0 Å². The summed E-state index contributed by atoms with van der Waals surface area (Å²) >= 11 is 0. The maximum absolute atomic E-state index is 11.6. The van der Waals surface area contributed by atoms with Gasteiger partial charge in [0.1, 0.15) is 34.1 Å². The summed E-state index contributed by atoms with van der Waals surface area (Å²) in [5, 5.41) is 18.5. The van der Waals surface area contributed by atoms with Gasteiger partial charge < -0.3 is 29.2 Å². The molecule has 0 atom stereocenters. The summed E-state index contributed by atoms with van der Waals surface area (Å²) in [5.74, 6) is -1.41. The number of rotatable bonds is 8. The van der Waals surface area contributed by atoms with Crippen LogP contribution in [0.25, 0.3) is 0 Å². The van der Waals surface area contributed by atoms with E-state index in [4.69, 9.17) is 14.2 Å². The zero-order valence-corrected chi connectivity index (χ0v) is 18.0. The molecular formula is C22H24O10. The molecule has 32 heavy (non-hydrogen) atoms. The smallest absolute Gasteiger partial charge is 0.341 e. The fourth-order valence-electron chi connectivity index (χ4n) is 2.44. The molecule has 0 bridgehead atoms. The van der Waals surface area contributed by atoms with Crippen LogP contribution in [0.4, 0.5) is 0 Å². The normalized spacial score (nSPS) is 9.62. The molecule has 0 saturated carbocycles. The summed E-state index contributed by atoms with van der Waals surface area (Å²) < 4.78 is 19.6. The number of methoxy groups -OCH3 is 2. The Kier molecular flexibility index (Phi) is 10.2. The van der Waals surface area contributed by atoms with Crippen LogP contribution in [-0.4, -0.2) is 62.2 Å². The molecule has 10 nitrogen and oxygen atoms in total. The van der Waals surface area contributed by atoms with E-state index < -0.39 is 17.7 Å². The summed E-state index contributed by atoms with van der Waals surface area (Å²) in [6.07, 6.45) is 0.999. The van der Waals surface area contributed by atoms with Crippen LogP contribution in [0.2, 0.25) is 0 Å². The van der Waals surface area contributed by atoms with Gasteiger partial charge in [0, 0.05) is 12.1 Å². The number of benzene rings is 2. The van der Waals surface area contributed by atoms with Gasteiger partial charge in [-0.25, -0.2) is 9.59 Å². The van der Waals surface area contributed by atoms with E-state index in [2.05, 4.69) is 4.74 Å². The average Bonchev–Trinajstić information content (AvgIpc) is 2.78. The Morgan fingerprint density at radius 2 is 1.25 bits per heavy atom.